The molecule has 1 aromatic heterocycles. The Bertz CT molecular complexity index is 735. The SMILES string of the molecule is O=[N+]([O-])c1ccc(/C=N\N=C/c2ccccc2[N+](=O)[O-])o1. The minimum absolute atomic E-state index is 0.0925. The van der Waals surface area contributed by atoms with Gasteiger partial charge in [-0.1, -0.05) is 12.1 Å². The summed E-state index contributed by atoms with van der Waals surface area (Å²) >= 11 is 0. The van der Waals surface area contributed by atoms with Gasteiger partial charge >= 0.3 is 5.88 Å². The molecule has 2 aromatic rings. The van der Waals surface area contributed by atoms with Crippen molar-refractivity contribution in [3.8, 4) is 0 Å². The second-order valence-corrected chi connectivity index (χ2v) is 3.74. The maximum absolute atomic E-state index is 10.8. The van der Waals surface area contributed by atoms with Crippen molar-refractivity contribution in [2.24, 2.45) is 10.2 Å². The molecule has 0 fully saturated rings. The molecule has 0 N–H and O–H groups in total. The van der Waals surface area contributed by atoms with Gasteiger partial charge in [0.05, 0.1) is 29.0 Å². The Labute approximate surface area is 117 Å². The first-order valence-electron chi connectivity index (χ1n) is 5.62. The number of rotatable bonds is 5. The Morgan fingerprint density at radius 2 is 1.67 bits per heavy atom. The van der Waals surface area contributed by atoms with E-state index >= 15 is 0 Å². The molecule has 21 heavy (non-hydrogen) atoms. The van der Waals surface area contributed by atoms with Crippen LogP contribution in [-0.2, 0) is 0 Å². The molecule has 9 heteroatoms. The summed E-state index contributed by atoms with van der Waals surface area (Å²) in [5.74, 6) is -0.250. The highest BCUT2D eigenvalue weighted by atomic mass is 16.6. The van der Waals surface area contributed by atoms with Crippen LogP contribution in [0.4, 0.5) is 11.6 Å². The van der Waals surface area contributed by atoms with Gasteiger partial charge in [-0.3, -0.25) is 20.2 Å². The van der Waals surface area contributed by atoms with E-state index in [-0.39, 0.29) is 11.4 Å². The molecule has 0 radical (unpaired) electrons. The second kappa shape index (κ2) is 6.19. The molecule has 0 saturated carbocycles. The molecule has 0 aliphatic heterocycles. The van der Waals surface area contributed by atoms with Crippen LogP contribution in [-0.4, -0.2) is 22.3 Å². The third kappa shape index (κ3) is 3.56. The number of para-hydroxylation sites is 1. The van der Waals surface area contributed by atoms with Crippen LogP contribution >= 0.6 is 0 Å². The molecule has 0 aliphatic rings. The van der Waals surface area contributed by atoms with Gasteiger partial charge < -0.3 is 4.42 Å². The van der Waals surface area contributed by atoms with Crippen LogP contribution in [0.25, 0.3) is 0 Å². The second-order valence-electron chi connectivity index (χ2n) is 3.74. The molecule has 1 aromatic carbocycles. The summed E-state index contributed by atoms with van der Waals surface area (Å²) in [6.07, 6.45) is 2.38. The van der Waals surface area contributed by atoms with Crippen LogP contribution in [0.5, 0.6) is 0 Å². The summed E-state index contributed by atoms with van der Waals surface area (Å²) in [7, 11) is 0. The highest BCUT2D eigenvalue weighted by molar-refractivity contribution is 5.85. The van der Waals surface area contributed by atoms with Crippen molar-refractivity contribution in [3.05, 3.63) is 68.0 Å². The van der Waals surface area contributed by atoms with Crippen LogP contribution in [0, 0.1) is 20.2 Å². The van der Waals surface area contributed by atoms with E-state index < -0.39 is 15.7 Å². The van der Waals surface area contributed by atoms with E-state index in [1.54, 1.807) is 12.1 Å². The molecule has 0 unspecified atom stereocenters. The van der Waals surface area contributed by atoms with Crippen molar-refractivity contribution in [2.75, 3.05) is 0 Å². The number of hydrogen-bond donors (Lipinski definition) is 0. The van der Waals surface area contributed by atoms with E-state index in [0.29, 0.717) is 5.56 Å². The maximum atomic E-state index is 10.8. The molecular formula is C12H8N4O5. The lowest BCUT2D eigenvalue weighted by Crippen LogP contribution is -1.93. The highest BCUT2D eigenvalue weighted by Crippen LogP contribution is 2.15. The summed E-state index contributed by atoms with van der Waals surface area (Å²) in [4.78, 5) is 20.0. The Morgan fingerprint density at radius 1 is 0.952 bits per heavy atom. The van der Waals surface area contributed by atoms with E-state index in [9.17, 15) is 20.2 Å². The standard InChI is InChI=1S/C12H8N4O5/c17-15(18)11-4-2-1-3-9(11)7-13-14-8-10-5-6-12(21-10)16(19)20/h1-8H/b13-7-,14-8-. The molecule has 0 bridgehead atoms. The lowest BCUT2D eigenvalue weighted by atomic mass is 10.2. The Balaban J connectivity index is 2.10. The van der Waals surface area contributed by atoms with Crippen LogP contribution in [0.3, 0.4) is 0 Å². The number of furan rings is 1. The van der Waals surface area contributed by atoms with E-state index in [0.717, 1.165) is 6.21 Å². The number of nitro benzene ring substituents is 1. The van der Waals surface area contributed by atoms with Gasteiger partial charge in [-0.05, 0) is 12.1 Å². The molecule has 9 nitrogen and oxygen atoms in total. The van der Waals surface area contributed by atoms with Gasteiger partial charge in [0.2, 0.25) is 0 Å². The summed E-state index contributed by atoms with van der Waals surface area (Å²) in [5.41, 5.74) is 0.204. The first-order valence-corrected chi connectivity index (χ1v) is 5.62. The fraction of sp³-hybridized carbons (Fsp3) is 0. The molecule has 0 amide bonds. The average Bonchev–Trinajstić information content (AvgIpc) is 2.93. The maximum Gasteiger partial charge on any atom is 0.433 e. The Kier molecular flexibility index (Phi) is 4.14. The predicted octanol–water partition coefficient (Wildman–Crippen LogP) is 2.55. The molecule has 106 valence electrons. The van der Waals surface area contributed by atoms with Crippen molar-refractivity contribution in [2.45, 2.75) is 0 Å². The number of nitrogens with zero attached hydrogens (tertiary/aromatic N) is 4. The molecule has 0 spiro atoms. The third-order valence-corrected chi connectivity index (χ3v) is 2.37. The summed E-state index contributed by atoms with van der Waals surface area (Å²) in [5, 5.41) is 28.4. The van der Waals surface area contributed by atoms with Crippen LogP contribution in [0.1, 0.15) is 11.3 Å². The van der Waals surface area contributed by atoms with Gasteiger partial charge in [0, 0.05) is 6.07 Å². The van der Waals surface area contributed by atoms with Crippen molar-refractivity contribution < 1.29 is 14.3 Å². The van der Waals surface area contributed by atoms with Crippen molar-refractivity contribution in [1.82, 2.24) is 0 Å². The Hall–Kier alpha value is -3.36. The van der Waals surface area contributed by atoms with Gasteiger partial charge in [0.1, 0.15) is 4.92 Å². The molecule has 0 atom stereocenters. The molecule has 0 saturated heterocycles. The van der Waals surface area contributed by atoms with Gasteiger partial charge in [-0.2, -0.15) is 10.2 Å². The predicted molar refractivity (Wildman–Crippen MR) is 73.6 cm³/mol. The third-order valence-electron chi connectivity index (χ3n) is 2.37. The zero-order chi connectivity index (χ0) is 15.2. The van der Waals surface area contributed by atoms with Gasteiger partial charge in [0.15, 0.2) is 5.76 Å². The Morgan fingerprint density at radius 3 is 2.33 bits per heavy atom. The summed E-state index contributed by atoms with van der Waals surface area (Å²) < 4.78 is 4.83. The zero-order valence-corrected chi connectivity index (χ0v) is 10.4. The van der Waals surface area contributed by atoms with Gasteiger partial charge in [-0.25, -0.2) is 0 Å². The highest BCUT2D eigenvalue weighted by Gasteiger charge is 2.11. The normalized spacial score (nSPS) is 11.2. The molecule has 0 aliphatic carbocycles. The van der Waals surface area contributed by atoms with Crippen molar-refractivity contribution >= 4 is 24.0 Å². The largest absolute Gasteiger partial charge is 0.433 e. The fourth-order valence-corrected chi connectivity index (χ4v) is 1.46. The lowest BCUT2D eigenvalue weighted by Gasteiger charge is -1.94. The number of benzene rings is 1. The first-order chi connectivity index (χ1) is 10.1. The topological polar surface area (TPSA) is 124 Å². The fourth-order valence-electron chi connectivity index (χ4n) is 1.46. The minimum atomic E-state index is -0.673. The molecule has 2 rings (SSSR count). The minimum Gasteiger partial charge on any atom is -0.400 e. The van der Waals surface area contributed by atoms with Crippen LogP contribution < -0.4 is 0 Å². The van der Waals surface area contributed by atoms with E-state index in [1.165, 1.54) is 30.5 Å². The number of hydrogen-bond acceptors (Lipinski definition) is 7. The average molecular weight is 288 g/mol. The van der Waals surface area contributed by atoms with Crippen LogP contribution in [0.2, 0.25) is 0 Å². The van der Waals surface area contributed by atoms with Crippen LogP contribution in [0.15, 0.2) is 51.0 Å². The number of nitro groups is 2. The smallest absolute Gasteiger partial charge is 0.400 e. The summed E-state index contributed by atoms with van der Waals surface area (Å²) in [6.45, 7) is 0. The quantitative estimate of drug-likeness (QED) is 0.475. The van der Waals surface area contributed by atoms with Gasteiger partial charge in [0.25, 0.3) is 5.69 Å². The zero-order valence-electron chi connectivity index (χ0n) is 10.4. The van der Waals surface area contributed by atoms with E-state index in [2.05, 4.69) is 10.2 Å². The molecule has 1 heterocycles. The van der Waals surface area contributed by atoms with E-state index in [4.69, 9.17) is 4.42 Å². The van der Waals surface area contributed by atoms with Crippen molar-refractivity contribution in [3.63, 3.8) is 0 Å². The van der Waals surface area contributed by atoms with Crippen molar-refractivity contribution in [1.29, 1.82) is 0 Å². The lowest BCUT2D eigenvalue weighted by molar-refractivity contribution is -0.402. The first kappa shape index (κ1) is 14.1. The summed E-state index contributed by atoms with van der Waals surface area (Å²) in [6, 6.07) is 8.60. The monoisotopic (exact) mass is 288 g/mol. The molecular weight excluding hydrogens is 280 g/mol. The van der Waals surface area contributed by atoms with E-state index in [1.807, 2.05) is 0 Å². The van der Waals surface area contributed by atoms with Gasteiger partial charge in [-0.15, -0.1) is 0 Å².